The molecule has 7 heteroatoms. The van der Waals surface area contributed by atoms with Gasteiger partial charge in [0.2, 0.25) is 0 Å². The van der Waals surface area contributed by atoms with Crippen molar-refractivity contribution in [3.8, 4) is 11.8 Å². The first-order chi connectivity index (χ1) is 15.4. The average molecular weight is 446 g/mol. The molecular formula is C25H20ClN3O3. The van der Waals surface area contributed by atoms with Crippen LogP contribution in [0.15, 0.2) is 78.4 Å². The number of hydrogen-bond donors (Lipinski definition) is 2. The Balaban J connectivity index is 1.58. The van der Waals surface area contributed by atoms with Crippen LogP contribution in [0.2, 0.25) is 5.02 Å². The number of anilines is 2. The van der Waals surface area contributed by atoms with Gasteiger partial charge in [-0.15, -0.1) is 0 Å². The Hall–Kier alpha value is -4.08. The fourth-order valence-electron chi connectivity index (χ4n) is 2.79. The van der Waals surface area contributed by atoms with E-state index in [1.165, 1.54) is 6.08 Å². The van der Waals surface area contributed by atoms with Crippen LogP contribution in [0.5, 0.6) is 5.75 Å². The molecule has 3 aromatic carbocycles. The van der Waals surface area contributed by atoms with E-state index >= 15 is 0 Å². The van der Waals surface area contributed by atoms with Crippen LogP contribution in [0.25, 0.3) is 6.08 Å². The number of carbonyl (C=O) groups excluding carboxylic acids is 2. The van der Waals surface area contributed by atoms with Gasteiger partial charge in [0.25, 0.3) is 11.8 Å². The molecule has 0 radical (unpaired) electrons. The fourth-order valence-corrected chi connectivity index (χ4v) is 2.98. The van der Waals surface area contributed by atoms with Crippen molar-refractivity contribution >= 4 is 40.9 Å². The van der Waals surface area contributed by atoms with Gasteiger partial charge in [0, 0.05) is 16.4 Å². The second kappa shape index (κ2) is 10.8. The Labute approximate surface area is 191 Å². The van der Waals surface area contributed by atoms with Crippen molar-refractivity contribution < 1.29 is 14.3 Å². The molecule has 0 bridgehead atoms. The lowest BCUT2D eigenvalue weighted by atomic mass is 10.1. The van der Waals surface area contributed by atoms with Gasteiger partial charge >= 0.3 is 0 Å². The second-order valence-electron chi connectivity index (χ2n) is 6.86. The van der Waals surface area contributed by atoms with Gasteiger partial charge in [-0.1, -0.05) is 48.0 Å². The van der Waals surface area contributed by atoms with Crippen LogP contribution in [0.1, 0.15) is 11.1 Å². The van der Waals surface area contributed by atoms with Gasteiger partial charge in [0.15, 0.2) is 6.61 Å². The molecule has 0 spiro atoms. The van der Waals surface area contributed by atoms with Gasteiger partial charge in [-0.3, -0.25) is 9.59 Å². The molecule has 160 valence electrons. The van der Waals surface area contributed by atoms with Gasteiger partial charge in [0.05, 0.1) is 0 Å². The zero-order valence-corrected chi connectivity index (χ0v) is 18.0. The number of rotatable bonds is 7. The Morgan fingerprint density at radius 2 is 1.78 bits per heavy atom. The van der Waals surface area contributed by atoms with Crippen LogP contribution in [0.3, 0.4) is 0 Å². The number of amides is 2. The van der Waals surface area contributed by atoms with Crippen molar-refractivity contribution in [2.45, 2.75) is 6.92 Å². The molecule has 3 rings (SSSR count). The Bertz CT molecular complexity index is 1200. The maximum absolute atomic E-state index is 12.4. The van der Waals surface area contributed by atoms with Gasteiger partial charge in [0.1, 0.15) is 17.4 Å². The van der Waals surface area contributed by atoms with Crippen molar-refractivity contribution in [2.75, 3.05) is 17.2 Å². The number of ether oxygens (including phenoxy) is 1. The third kappa shape index (κ3) is 6.46. The van der Waals surface area contributed by atoms with Crippen molar-refractivity contribution in [3.63, 3.8) is 0 Å². The standard InChI is InChI=1S/C25H20ClN3O3/c1-17-5-2-3-8-23(17)29-25(31)19(15-27)13-18-9-11-22(12-10-18)32-16-24(30)28-21-7-4-6-20(26)14-21/h2-14H,16H2,1H3,(H,28,30)(H,29,31)/b19-13+. The Morgan fingerprint density at radius 3 is 2.47 bits per heavy atom. The number of benzene rings is 3. The zero-order valence-electron chi connectivity index (χ0n) is 17.3. The largest absolute Gasteiger partial charge is 0.484 e. The van der Waals surface area contributed by atoms with E-state index in [-0.39, 0.29) is 18.1 Å². The molecule has 0 aliphatic carbocycles. The molecule has 0 saturated carbocycles. The summed E-state index contributed by atoms with van der Waals surface area (Å²) in [5.41, 5.74) is 2.76. The molecule has 0 heterocycles. The molecule has 32 heavy (non-hydrogen) atoms. The highest BCUT2D eigenvalue weighted by molar-refractivity contribution is 6.30. The number of carbonyl (C=O) groups is 2. The number of para-hydroxylation sites is 1. The van der Waals surface area contributed by atoms with E-state index in [2.05, 4.69) is 10.6 Å². The van der Waals surface area contributed by atoms with Crippen molar-refractivity contribution in [2.24, 2.45) is 0 Å². The van der Waals surface area contributed by atoms with E-state index < -0.39 is 5.91 Å². The topological polar surface area (TPSA) is 91.2 Å². The summed E-state index contributed by atoms with van der Waals surface area (Å²) < 4.78 is 5.49. The van der Waals surface area contributed by atoms with E-state index in [0.29, 0.717) is 27.7 Å². The first-order valence-corrected chi connectivity index (χ1v) is 10.1. The van der Waals surface area contributed by atoms with E-state index in [1.807, 2.05) is 31.2 Å². The lowest BCUT2D eigenvalue weighted by Crippen LogP contribution is -2.20. The van der Waals surface area contributed by atoms with Gasteiger partial charge in [-0.2, -0.15) is 5.26 Å². The molecule has 0 fully saturated rings. The Kier molecular flexibility index (Phi) is 7.63. The molecule has 3 aromatic rings. The predicted octanol–water partition coefficient (Wildman–Crippen LogP) is 5.21. The van der Waals surface area contributed by atoms with Crippen LogP contribution < -0.4 is 15.4 Å². The maximum Gasteiger partial charge on any atom is 0.266 e. The van der Waals surface area contributed by atoms with Gasteiger partial charge < -0.3 is 15.4 Å². The predicted molar refractivity (Wildman–Crippen MR) is 125 cm³/mol. The highest BCUT2D eigenvalue weighted by Gasteiger charge is 2.11. The van der Waals surface area contributed by atoms with Crippen LogP contribution in [0.4, 0.5) is 11.4 Å². The number of hydrogen-bond acceptors (Lipinski definition) is 4. The molecule has 0 unspecified atom stereocenters. The monoisotopic (exact) mass is 445 g/mol. The summed E-state index contributed by atoms with van der Waals surface area (Å²) >= 11 is 5.90. The number of nitrogens with one attached hydrogen (secondary N) is 2. The molecule has 2 amide bonds. The van der Waals surface area contributed by atoms with Gasteiger partial charge in [-0.05, 0) is 60.5 Å². The van der Waals surface area contributed by atoms with Crippen LogP contribution >= 0.6 is 11.6 Å². The molecular weight excluding hydrogens is 426 g/mol. The lowest BCUT2D eigenvalue weighted by Gasteiger charge is -2.08. The molecule has 0 saturated heterocycles. The van der Waals surface area contributed by atoms with Crippen molar-refractivity contribution in [1.82, 2.24) is 0 Å². The minimum absolute atomic E-state index is 0.0252. The first-order valence-electron chi connectivity index (χ1n) is 9.71. The number of nitrogens with zero attached hydrogens (tertiary/aromatic N) is 1. The quantitative estimate of drug-likeness (QED) is 0.385. The summed E-state index contributed by atoms with van der Waals surface area (Å²) in [5.74, 6) is -0.332. The first kappa shape index (κ1) is 22.6. The third-order valence-corrected chi connectivity index (χ3v) is 4.66. The number of aryl methyl sites for hydroxylation is 1. The Morgan fingerprint density at radius 1 is 1.03 bits per heavy atom. The zero-order chi connectivity index (χ0) is 22.9. The number of nitriles is 1. The maximum atomic E-state index is 12.4. The highest BCUT2D eigenvalue weighted by atomic mass is 35.5. The summed E-state index contributed by atoms with van der Waals surface area (Å²) in [4.78, 5) is 24.5. The van der Waals surface area contributed by atoms with Gasteiger partial charge in [-0.25, -0.2) is 0 Å². The van der Waals surface area contributed by atoms with Crippen molar-refractivity contribution in [1.29, 1.82) is 5.26 Å². The second-order valence-corrected chi connectivity index (χ2v) is 7.29. The number of halogens is 1. The third-order valence-electron chi connectivity index (χ3n) is 4.43. The van der Waals surface area contributed by atoms with Crippen LogP contribution in [-0.4, -0.2) is 18.4 Å². The molecule has 0 aromatic heterocycles. The van der Waals surface area contributed by atoms with Crippen molar-refractivity contribution in [3.05, 3.63) is 94.5 Å². The normalized spacial score (nSPS) is 10.7. The minimum atomic E-state index is -0.486. The fraction of sp³-hybridized carbons (Fsp3) is 0.0800. The average Bonchev–Trinajstić information content (AvgIpc) is 2.78. The summed E-state index contributed by atoms with van der Waals surface area (Å²) in [5, 5.41) is 15.3. The molecule has 0 aliphatic rings. The van der Waals surface area contributed by atoms with Crippen LogP contribution in [0, 0.1) is 18.3 Å². The lowest BCUT2D eigenvalue weighted by molar-refractivity contribution is -0.118. The van der Waals surface area contributed by atoms with E-state index in [0.717, 1.165) is 5.56 Å². The highest BCUT2D eigenvalue weighted by Crippen LogP contribution is 2.18. The molecule has 0 atom stereocenters. The smallest absolute Gasteiger partial charge is 0.266 e. The summed E-state index contributed by atoms with van der Waals surface area (Å²) in [6.07, 6.45) is 1.49. The molecule has 0 aliphatic heterocycles. The SMILES string of the molecule is Cc1ccccc1NC(=O)/C(C#N)=C/c1ccc(OCC(=O)Nc2cccc(Cl)c2)cc1. The summed E-state index contributed by atoms with van der Waals surface area (Å²) in [6, 6.07) is 22.8. The minimum Gasteiger partial charge on any atom is -0.484 e. The molecule has 6 nitrogen and oxygen atoms in total. The summed E-state index contributed by atoms with van der Waals surface area (Å²) in [7, 11) is 0. The van der Waals surface area contributed by atoms with Crippen LogP contribution in [-0.2, 0) is 9.59 Å². The molecule has 2 N–H and O–H groups in total. The van der Waals surface area contributed by atoms with E-state index in [1.54, 1.807) is 54.6 Å². The van der Waals surface area contributed by atoms with E-state index in [9.17, 15) is 14.9 Å². The summed E-state index contributed by atoms with van der Waals surface area (Å²) in [6.45, 7) is 1.70. The van der Waals surface area contributed by atoms with E-state index in [4.69, 9.17) is 16.3 Å².